The Labute approximate surface area is 164 Å². The SMILES string of the molecule is CCSc1nnc(NC(=O)CN(C)c2nc3c(C(F)(F)F)cccc3s2)s1. The summed E-state index contributed by atoms with van der Waals surface area (Å²) in [6.07, 6.45) is -4.48. The predicted octanol–water partition coefficient (Wildman–Crippen LogP) is 4.35. The Bertz CT molecular complexity index is 956. The molecule has 2 heterocycles. The van der Waals surface area contributed by atoms with Crippen molar-refractivity contribution in [1.82, 2.24) is 15.2 Å². The molecule has 0 unspecified atom stereocenters. The first kappa shape index (κ1) is 19.8. The summed E-state index contributed by atoms with van der Waals surface area (Å²) < 4.78 is 40.5. The van der Waals surface area contributed by atoms with E-state index in [-0.39, 0.29) is 18.0 Å². The molecule has 6 nitrogen and oxygen atoms in total. The number of hydrogen-bond acceptors (Lipinski definition) is 8. The van der Waals surface area contributed by atoms with Crippen molar-refractivity contribution >= 4 is 60.8 Å². The molecule has 12 heteroatoms. The lowest BCUT2D eigenvalue weighted by Gasteiger charge is -2.14. The molecular weight excluding hydrogens is 419 g/mol. The van der Waals surface area contributed by atoms with Gasteiger partial charge in [-0.15, -0.1) is 10.2 Å². The van der Waals surface area contributed by atoms with Gasteiger partial charge in [0.05, 0.1) is 22.3 Å². The van der Waals surface area contributed by atoms with Crippen LogP contribution in [0.5, 0.6) is 0 Å². The smallest absolute Gasteiger partial charge is 0.342 e. The van der Waals surface area contributed by atoms with Gasteiger partial charge in [0.15, 0.2) is 9.47 Å². The van der Waals surface area contributed by atoms with Gasteiger partial charge in [0.1, 0.15) is 0 Å². The molecule has 27 heavy (non-hydrogen) atoms. The first-order valence-corrected chi connectivity index (χ1v) is 10.3. The van der Waals surface area contributed by atoms with Crippen molar-refractivity contribution in [3.63, 3.8) is 0 Å². The molecule has 0 spiro atoms. The quantitative estimate of drug-likeness (QED) is 0.460. The van der Waals surface area contributed by atoms with Crippen molar-refractivity contribution in [3.8, 4) is 0 Å². The fourth-order valence-corrected chi connectivity index (χ4v) is 4.83. The Balaban J connectivity index is 1.71. The third kappa shape index (κ3) is 4.68. The number of carbonyl (C=O) groups is 1. The summed E-state index contributed by atoms with van der Waals surface area (Å²) in [5, 5.41) is 11.2. The van der Waals surface area contributed by atoms with E-state index in [4.69, 9.17) is 0 Å². The Morgan fingerprint density at radius 3 is 2.78 bits per heavy atom. The molecule has 0 aliphatic rings. The minimum absolute atomic E-state index is 0.0724. The Hall–Kier alpha value is -1.92. The first-order valence-electron chi connectivity index (χ1n) is 7.72. The number of aromatic nitrogens is 3. The van der Waals surface area contributed by atoms with Crippen LogP contribution in [-0.2, 0) is 11.0 Å². The number of thiazole rings is 1. The third-order valence-electron chi connectivity index (χ3n) is 3.34. The maximum absolute atomic E-state index is 13.1. The highest BCUT2D eigenvalue weighted by Gasteiger charge is 2.34. The number of amides is 1. The van der Waals surface area contributed by atoms with Gasteiger partial charge >= 0.3 is 6.18 Å². The molecule has 2 aromatic heterocycles. The van der Waals surface area contributed by atoms with Gasteiger partial charge in [0.2, 0.25) is 11.0 Å². The Morgan fingerprint density at radius 2 is 2.07 bits per heavy atom. The molecule has 0 bridgehead atoms. The van der Waals surface area contributed by atoms with E-state index in [9.17, 15) is 18.0 Å². The highest BCUT2D eigenvalue weighted by molar-refractivity contribution is 8.01. The van der Waals surface area contributed by atoms with Crippen molar-refractivity contribution < 1.29 is 18.0 Å². The van der Waals surface area contributed by atoms with E-state index in [1.54, 1.807) is 13.1 Å². The van der Waals surface area contributed by atoms with Crippen molar-refractivity contribution in [2.75, 3.05) is 29.6 Å². The summed E-state index contributed by atoms with van der Waals surface area (Å²) >= 11 is 3.89. The average molecular weight is 434 g/mol. The number of rotatable bonds is 6. The van der Waals surface area contributed by atoms with E-state index in [1.165, 1.54) is 34.1 Å². The molecule has 3 rings (SSSR count). The van der Waals surface area contributed by atoms with Crippen molar-refractivity contribution in [1.29, 1.82) is 0 Å². The second-order valence-corrected chi connectivity index (χ2v) is 8.85. The van der Waals surface area contributed by atoms with Crippen LogP contribution in [0, 0.1) is 0 Å². The molecule has 1 amide bonds. The molecule has 0 saturated carbocycles. The summed E-state index contributed by atoms with van der Waals surface area (Å²) in [7, 11) is 1.60. The number of thioether (sulfide) groups is 1. The fourth-order valence-electron chi connectivity index (χ4n) is 2.21. The number of anilines is 2. The number of nitrogens with zero attached hydrogens (tertiary/aromatic N) is 4. The maximum Gasteiger partial charge on any atom is 0.418 e. The van der Waals surface area contributed by atoms with Crippen molar-refractivity contribution in [2.45, 2.75) is 17.4 Å². The van der Waals surface area contributed by atoms with Crippen molar-refractivity contribution in [2.24, 2.45) is 0 Å². The summed E-state index contributed by atoms with van der Waals surface area (Å²) in [5.41, 5.74) is -0.891. The standard InChI is InChI=1S/C15H14F3N5OS3/c1-3-25-14-22-21-12(27-14)19-10(24)7-23(2)13-20-11-8(15(16,17)18)5-4-6-9(11)26-13/h4-6H,3,7H2,1-2H3,(H,19,21,24). The number of para-hydroxylation sites is 1. The van der Waals surface area contributed by atoms with E-state index in [0.717, 1.165) is 27.5 Å². The van der Waals surface area contributed by atoms with E-state index in [2.05, 4.69) is 20.5 Å². The third-order valence-corrected chi connectivity index (χ3v) is 6.33. The first-order chi connectivity index (χ1) is 12.8. The zero-order chi connectivity index (χ0) is 19.6. The topological polar surface area (TPSA) is 71.0 Å². The molecule has 0 aliphatic heterocycles. The van der Waals surface area contributed by atoms with Crippen LogP contribution in [0.1, 0.15) is 12.5 Å². The van der Waals surface area contributed by atoms with Gasteiger partial charge in [-0.05, 0) is 17.9 Å². The average Bonchev–Trinajstić information content (AvgIpc) is 3.20. The number of benzene rings is 1. The number of likely N-dealkylation sites (N-methyl/N-ethyl adjacent to an activating group) is 1. The molecule has 1 N–H and O–H groups in total. The molecule has 0 atom stereocenters. The van der Waals surface area contributed by atoms with Crippen LogP contribution >= 0.6 is 34.4 Å². The fraction of sp³-hybridized carbons (Fsp3) is 0.333. The summed E-state index contributed by atoms with van der Waals surface area (Å²) in [6, 6.07) is 3.93. The minimum atomic E-state index is -4.48. The maximum atomic E-state index is 13.1. The van der Waals surface area contributed by atoms with Gasteiger partial charge in [-0.3, -0.25) is 10.1 Å². The van der Waals surface area contributed by atoms with Crippen LogP contribution in [0.4, 0.5) is 23.4 Å². The van der Waals surface area contributed by atoms with E-state index < -0.39 is 11.7 Å². The Kier molecular flexibility index (Phi) is 5.86. The normalized spacial score (nSPS) is 11.7. The van der Waals surface area contributed by atoms with E-state index in [1.807, 2.05) is 6.92 Å². The van der Waals surface area contributed by atoms with Crippen LogP contribution in [0.2, 0.25) is 0 Å². The second kappa shape index (κ2) is 7.98. The molecule has 0 fully saturated rings. The lowest BCUT2D eigenvalue weighted by Crippen LogP contribution is -2.29. The minimum Gasteiger partial charge on any atom is -0.342 e. The number of carbonyl (C=O) groups excluding carboxylic acids is 1. The number of fused-ring (bicyclic) bond motifs is 1. The van der Waals surface area contributed by atoms with Gasteiger partial charge in [-0.25, -0.2) is 4.98 Å². The second-order valence-electron chi connectivity index (χ2n) is 5.36. The van der Waals surface area contributed by atoms with Crippen LogP contribution in [0.15, 0.2) is 22.5 Å². The Morgan fingerprint density at radius 1 is 1.30 bits per heavy atom. The van der Waals surface area contributed by atoms with Gasteiger partial charge < -0.3 is 4.90 Å². The molecule has 0 radical (unpaired) electrons. The van der Waals surface area contributed by atoms with E-state index in [0.29, 0.717) is 15.0 Å². The molecule has 3 aromatic rings. The lowest BCUT2D eigenvalue weighted by atomic mass is 10.2. The largest absolute Gasteiger partial charge is 0.418 e. The highest BCUT2D eigenvalue weighted by Crippen LogP contribution is 2.38. The lowest BCUT2D eigenvalue weighted by molar-refractivity contribution is -0.136. The predicted molar refractivity (Wildman–Crippen MR) is 103 cm³/mol. The number of hydrogen-bond donors (Lipinski definition) is 1. The number of alkyl halides is 3. The summed E-state index contributed by atoms with van der Waals surface area (Å²) in [5.74, 6) is 0.500. The summed E-state index contributed by atoms with van der Waals surface area (Å²) in [6.45, 7) is 1.92. The van der Waals surface area contributed by atoms with Gasteiger partial charge in [-0.2, -0.15) is 13.2 Å². The van der Waals surface area contributed by atoms with Crippen molar-refractivity contribution in [3.05, 3.63) is 23.8 Å². The van der Waals surface area contributed by atoms with Crippen LogP contribution in [-0.4, -0.2) is 40.4 Å². The van der Waals surface area contributed by atoms with Gasteiger partial charge in [0, 0.05) is 7.05 Å². The summed E-state index contributed by atoms with van der Waals surface area (Å²) in [4.78, 5) is 17.8. The molecule has 1 aromatic carbocycles. The molecular formula is C15H14F3N5OS3. The van der Waals surface area contributed by atoms with E-state index >= 15 is 0 Å². The van der Waals surface area contributed by atoms with Crippen LogP contribution in [0.25, 0.3) is 10.2 Å². The highest BCUT2D eigenvalue weighted by atomic mass is 32.2. The van der Waals surface area contributed by atoms with Crippen LogP contribution in [0.3, 0.4) is 0 Å². The monoisotopic (exact) mass is 433 g/mol. The number of nitrogens with one attached hydrogen (secondary N) is 1. The molecule has 0 saturated heterocycles. The van der Waals surface area contributed by atoms with Crippen LogP contribution < -0.4 is 10.2 Å². The van der Waals surface area contributed by atoms with Gasteiger partial charge in [0.25, 0.3) is 0 Å². The zero-order valence-corrected chi connectivity index (χ0v) is 16.7. The molecule has 0 aliphatic carbocycles. The zero-order valence-electron chi connectivity index (χ0n) is 14.2. The number of halogens is 3. The molecule has 144 valence electrons. The van der Waals surface area contributed by atoms with Gasteiger partial charge in [-0.1, -0.05) is 47.4 Å².